The molecule has 0 aromatic carbocycles. The Bertz CT molecular complexity index is 499. The Morgan fingerprint density at radius 1 is 1.50 bits per heavy atom. The molecule has 1 fully saturated rings. The summed E-state index contributed by atoms with van der Waals surface area (Å²) in [4.78, 5) is 4.12. The van der Waals surface area contributed by atoms with Crippen LogP contribution in [0.15, 0.2) is 12.4 Å². The fourth-order valence-electron chi connectivity index (χ4n) is 2.14. The van der Waals surface area contributed by atoms with E-state index in [1.165, 1.54) is 6.42 Å². The van der Waals surface area contributed by atoms with Crippen LogP contribution in [0.25, 0.3) is 5.78 Å². The Kier molecular flexibility index (Phi) is 2.21. The molecule has 0 radical (unpaired) electrons. The molecule has 0 aliphatic carbocycles. The third kappa shape index (κ3) is 1.61. The predicted octanol–water partition coefficient (Wildman–Crippen LogP) is -0.141. The van der Waals surface area contributed by atoms with Crippen molar-refractivity contribution in [3.8, 4) is 0 Å². The van der Waals surface area contributed by atoms with Crippen molar-refractivity contribution in [2.75, 3.05) is 18.8 Å². The first-order valence-electron chi connectivity index (χ1n) is 5.49. The zero-order valence-electron chi connectivity index (χ0n) is 8.93. The topological polar surface area (TPSA) is 81.1 Å². The number of nitrogens with two attached hydrogens (primary N) is 1. The van der Waals surface area contributed by atoms with Crippen LogP contribution in [0.4, 0.5) is 5.69 Å². The molecule has 3 rings (SSSR count). The summed E-state index contributed by atoms with van der Waals surface area (Å²) in [5.74, 6) is 2.22. The first kappa shape index (κ1) is 9.53. The van der Waals surface area contributed by atoms with E-state index in [1.54, 1.807) is 6.20 Å². The van der Waals surface area contributed by atoms with Crippen molar-refractivity contribution < 1.29 is 0 Å². The van der Waals surface area contributed by atoms with Crippen LogP contribution in [0.1, 0.15) is 12.2 Å². The van der Waals surface area contributed by atoms with Gasteiger partial charge in [-0.15, -0.1) is 10.2 Å². The average Bonchev–Trinajstić information content (AvgIpc) is 2.90. The minimum Gasteiger partial charge on any atom is -0.396 e. The van der Waals surface area contributed by atoms with E-state index in [2.05, 4.69) is 20.5 Å². The fourth-order valence-corrected chi connectivity index (χ4v) is 2.14. The van der Waals surface area contributed by atoms with Crippen molar-refractivity contribution in [1.29, 1.82) is 0 Å². The standard InChI is InChI=1S/C10H14N6/c11-8-5-13-10-15-14-9(16(10)6-8)3-7-1-2-12-4-7/h5-7,12H,1-4,11H2. The Balaban J connectivity index is 1.93. The van der Waals surface area contributed by atoms with Gasteiger partial charge in [-0.05, 0) is 25.4 Å². The fraction of sp³-hybridized carbons (Fsp3) is 0.500. The highest BCUT2D eigenvalue weighted by molar-refractivity contribution is 5.39. The number of nitrogens with one attached hydrogen (secondary N) is 1. The van der Waals surface area contributed by atoms with E-state index in [-0.39, 0.29) is 0 Å². The first-order valence-corrected chi connectivity index (χ1v) is 5.49. The summed E-state index contributed by atoms with van der Waals surface area (Å²) in [6.07, 6.45) is 5.56. The van der Waals surface area contributed by atoms with Crippen molar-refractivity contribution in [2.24, 2.45) is 5.92 Å². The molecule has 0 spiro atoms. The lowest BCUT2D eigenvalue weighted by Gasteiger charge is -2.05. The summed E-state index contributed by atoms with van der Waals surface area (Å²) in [7, 11) is 0. The molecule has 1 atom stereocenters. The smallest absolute Gasteiger partial charge is 0.255 e. The minimum atomic E-state index is 0.621. The predicted molar refractivity (Wildman–Crippen MR) is 59.9 cm³/mol. The van der Waals surface area contributed by atoms with Gasteiger partial charge in [-0.1, -0.05) is 0 Å². The van der Waals surface area contributed by atoms with E-state index >= 15 is 0 Å². The number of rotatable bonds is 2. The Morgan fingerprint density at radius 3 is 3.25 bits per heavy atom. The molecule has 1 unspecified atom stereocenters. The van der Waals surface area contributed by atoms with Crippen LogP contribution >= 0.6 is 0 Å². The van der Waals surface area contributed by atoms with E-state index < -0.39 is 0 Å². The Labute approximate surface area is 92.9 Å². The summed E-state index contributed by atoms with van der Waals surface area (Å²) in [5.41, 5.74) is 6.35. The quantitative estimate of drug-likeness (QED) is 0.733. The monoisotopic (exact) mass is 218 g/mol. The highest BCUT2D eigenvalue weighted by Gasteiger charge is 2.18. The summed E-state index contributed by atoms with van der Waals surface area (Å²) in [5, 5.41) is 11.5. The second-order valence-corrected chi connectivity index (χ2v) is 4.24. The van der Waals surface area contributed by atoms with Gasteiger partial charge < -0.3 is 11.1 Å². The Hall–Kier alpha value is -1.69. The van der Waals surface area contributed by atoms with Crippen molar-refractivity contribution >= 4 is 11.5 Å². The van der Waals surface area contributed by atoms with Gasteiger partial charge in [0.05, 0.1) is 11.9 Å². The second kappa shape index (κ2) is 3.71. The number of hydrogen-bond donors (Lipinski definition) is 2. The van der Waals surface area contributed by atoms with Crippen LogP contribution in [0.2, 0.25) is 0 Å². The molecule has 0 amide bonds. The van der Waals surface area contributed by atoms with Crippen molar-refractivity contribution in [1.82, 2.24) is 24.9 Å². The molecule has 84 valence electrons. The molecule has 3 heterocycles. The average molecular weight is 218 g/mol. The number of fused-ring (bicyclic) bond motifs is 1. The van der Waals surface area contributed by atoms with Crippen molar-refractivity contribution in [2.45, 2.75) is 12.8 Å². The van der Waals surface area contributed by atoms with Gasteiger partial charge in [-0.3, -0.25) is 4.40 Å². The number of aromatic nitrogens is 4. The summed E-state index contributed by atoms with van der Waals surface area (Å²) in [6.45, 7) is 2.16. The van der Waals surface area contributed by atoms with Crippen LogP contribution in [0.3, 0.4) is 0 Å². The van der Waals surface area contributed by atoms with E-state index in [4.69, 9.17) is 5.73 Å². The van der Waals surface area contributed by atoms with E-state index in [1.807, 2.05) is 10.6 Å². The largest absolute Gasteiger partial charge is 0.396 e. The number of nitrogens with zero attached hydrogens (tertiary/aromatic N) is 4. The molecule has 6 heteroatoms. The summed E-state index contributed by atoms with van der Waals surface area (Å²) in [6, 6.07) is 0. The lowest BCUT2D eigenvalue weighted by atomic mass is 10.1. The molecule has 0 bridgehead atoms. The molecule has 2 aromatic rings. The van der Waals surface area contributed by atoms with Gasteiger partial charge in [-0.25, -0.2) is 4.98 Å². The van der Waals surface area contributed by atoms with Crippen LogP contribution in [0.5, 0.6) is 0 Å². The van der Waals surface area contributed by atoms with E-state index in [0.717, 1.165) is 25.3 Å². The number of anilines is 1. The van der Waals surface area contributed by atoms with Crippen LogP contribution < -0.4 is 11.1 Å². The van der Waals surface area contributed by atoms with Gasteiger partial charge in [0.2, 0.25) is 0 Å². The molecule has 2 aromatic heterocycles. The minimum absolute atomic E-state index is 0.621. The Morgan fingerprint density at radius 2 is 2.44 bits per heavy atom. The van der Waals surface area contributed by atoms with Gasteiger partial charge in [0, 0.05) is 12.6 Å². The van der Waals surface area contributed by atoms with Gasteiger partial charge >= 0.3 is 0 Å². The third-order valence-electron chi connectivity index (χ3n) is 2.99. The van der Waals surface area contributed by atoms with Crippen molar-refractivity contribution in [3.05, 3.63) is 18.2 Å². The van der Waals surface area contributed by atoms with Crippen LogP contribution in [-0.2, 0) is 6.42 Å². The molecule has 16 heavy (non-hydrogen) atoms. The first-order chi connectivity index (χ1) is 7.83. The molecular formula is C10H14N6. The van der Waals surface area contributed by atoms with Gasteiger partial charge in [0.1, 0.15) is 5.82 Å². The second-order valence-electron chi connectivity index (χ2n) is 4.24. The zero-order valence-corrected chi connectivity index (χ0v) is 8.93. The van der Waals surface area contributed by atoms with Crippen LogP contribution in [-0.4, -0.2) is 32.7 Å². The molecular weight excluding hydrogens is 204 g/mol. The maximum Gasteiger partial charge on any atom is 0.255 e. The molecule has 1 saturated heterocycles. The summed E-state index contributed by atoms with van der Waals surface area (Å²) < 4.78 is 1.88. The zero-order chi connectivity index (χ0) is 11.0. The molecule has 1 aliphatic heterocycles. The van der Waals surface area contributed by atoms with Gasteiger partial charge in [0.25, 0.3) is 5.78 Å². The van der Waals surface area contributed by atoms with Crippen LogP contribution in [0, 0.1) is 5.92 Å². The normalized spacial score (nSPS) is 20.6. The molecule has 3 N–H and O–H groups in total. The SMILES string of the molecule is Nc1cnc2nnc(CC3CCNC3)n2c1. The number of nitrogen functional groups attached to an aromatic ring is 1. The molecule has 1 aliphatic rings. The lowest BCUT2D eigenvalue weighted by molar-refractivity contribution is 0.558. The number of hydrogen-bond acceptors (Lipinski definition) is 5. The summed E-state index contributed by atoms with van der Waals surface area (Å²) >= 11 is 0. The van der Waals surface area contributed by atoms with Gasteiger partial charge in [-0.2, -0.15) is 0 Å². The molecule has 6 nitrogen and oxygen atoms in total. The van der Waals surface area contributed by atoms with E-state index in [9.17, 15) is 0 Å². The highest BCUT2D eigenvalue weighted by Crippen LogP contribution is 2.14. The van der Waals surface area contributed by atoms with Crippen molar-refractivity contribution in [3.63, 3.8) is 0 Å². The maximum absolute atomic E-state index is 5.71. The molecule has 0 saturated carbocycles. The maximum atomic E-state index is 5.71. The highest BCUT2D eigenvalue weighted by atomic mass is 15.3. The van der Waals surface area contributed by atoms with E-state index in [0.29, 0.717) is 17.4 Å². The third-order valence-corrected chi connectivity index (χ3v) is 2.99. The lowest BCUT2D eigenvalue weighted by Crippen LogP contribution is -2.12. The van der Waals surface area contributed by atoms with Gasteiger partial charge in [0.15, 0.2) is 0 Å².